The van der Waals surface area contributed by atoms with Crippen LogP contribution in [0.25, 0.3) is 21.5 Å². The summed E-state index contributed by atoms with van der Waals surface area (Å²) in [7, 11) is 0. The number of unbranched alkanes of at least 4 members (excludes halogenated alkanes) is 10. The molecule has 0 unspecified atom stereocenters. The molecule has 4 aromatic rings. The molecule has 4 rings (SSSR count). The third-order valence-electron chi connectivity index (χ3n) is 7.51. The minimum atomic E-state index is 0.792. The van der Waals surface area contributed by atoms with Crippen LogP contribution in [0, 0.1) is 11.8 Å². The highest BCUT2D eigenvalue weighted by Gasteiger charge is 2.02. The molecule has 0 amide bonds. The first-order chi connectivity index (χ1) is 19.7. The predicted molar refractivity (Wildman–Crippen MR) is 172 cm³/mol. The maximum absolute atomic E-state index is 6.00. The highest BCUT2D eigenvalue weighted by atomic mass is 16.5. The van der Waals surface area contributed by atoms with Gasteiger partial charge in [-0.2, -0.15) is 0 Å². The first kappa shape index (κ1) is 29.5. The summed E-state index contributed by atoms with van der Waals surface area (Å²) in [6, 6.07) is 25.5. The topological polar surface area (TPSA) is 18.5 Å². The van der Waals surface area contributed by atoms with Gasteiger partial charge in [0.25, 0.3) is 0 Å². The van der Waals surface area contributed by atoms with Gasteiger partial charge in [0, 0.05) is 11.1 Å². The molecule has 0 saturated carbocycles. The van der Waals surface area contributed by atoms with Crippen LogP contribution in [0.2, 0.25) is 0 Å². The molecule has 0 atom stereocenters. The van der Waals surface area contributed by atoms with Crippen LogP contribution in [0.1, 0.15) is 102 Å². The van der Waals surface area contributed by atoms with Crippen molar-refractivity contribution in [3.8, 4) is 23.3 Å². The Bertz CT molecular complexity index is 1290. The Morgan fingerprint density at radius 2 is 0.800 bits per heavy atom. The zero-order valence-electron chi connectivity index (χ0n) is 24.6. The molecule has 0 heterocycles. The fraction of sp³-hybridized carbons (Fsp3) is 0.421. The van der Waals surface area contributed by atoms with E-state index in [2.05, 4.69) is 98.5 Å². The van der Waals surface area contributed by atoms with E-state index in [1.165, 1.54) is 85.8 Å². The fourth-order valence-electron chi connectivity index (χ4n) is 5.07. The summed E-state index contributed by atoms with van der Waals surface area (Å²) in [5.74, 6) is 8.61. The lowest BCUT2D eigenvalue weighted by Crippen LogP contribution is -1.97. The van der Waals surface area contributed by atoms with Crippen LogP contribution in [0.5, 0.6) is 11.5 Å². The monoisotopic (exact) mass is 534 g/mol. The molecule has 0 saturated heterocycles. The molecular weight excluding hydrogens is 488 g/mol. The van der Waals surface area contributed by atoms with Gasteiger partial charge in [0.05, 0.1) is 13.2 Å². The van der Waals surface area contributed by atoms with Crippen LogP contribution < -0.4 is 9.47 Å². The molecule has 40 heavy (non-hydrogen) atoms. The van der Waals surface area contributed by atoms with E-state index >= 15 is 0 Å². The van der Waals surface area contributed by atoms with Crippen molar-refractivity contribution < 1.29 is 9.47 Å². The third-order valence-corrected chi connectivity index (χ3v) is 7.51. The minimum Gasteiger partial charge on any atom is -0.494 e. The average molecular weight is 535 g/mol. The molecule has 2 heteroatoms. The van der Waals surface area contributed by atoms with E-state index in [-0.39, 0.29) is 0 Å². The summed E-state index contributed by atoms with van der Waals surface area (Å²) in [6.07, 6.45) is 15.3. The third kappa shape index (κ3) is 9.63. The Balaban J connectivity index is 1.29. The number of ether oxygens (including phenoxy) is 2. The van der Waals surface area contributed by atoms with Crippen molar-refractivity contribution in [2.45, 2.75) is 90.9 Å². The quantitative estimate of drug-likeness (QED) is 0.105. The van der Waals surface area contributed by atoms with Crippen molar-refractivity contribution in [2.75, 3.05) is 13.2 Å². The van der Waals surface area contributed by atoms with Crippen molar-refractivity contribution in [2.24, 2.45) is 0 Å². The minimum absolute atomic E-state index is 0.792. The van der Waals surface area contributed by atoms with E-state index < -0.39 is 0 Å². The van der Waals surface area contributed by atoms with E-state index in [4.69, 9.17) is 9.47 Å². The van der Waals surface area contributed by atoms with Gasteiger partial charge in [-0.3, -0.25) is 0 Å². The smallest absolute Gasteiger partial charge is 0.119 e. The highest BCUT2D eigenvalue weighted by molar-refractivity contribution is 5.86. The summed E-state index contributed by atoms with van der Waals surface area (Å²) < 4.78 is 12.0. The van der Waals surface area contributed by atoms with Crippen LogP contribution in [-0.4, -0.2) is 13.2 Å². The summed E-state index contributed by atoms with van der Waals surface area (Å²) in [5, 5.41) is 4.74. The standard InChI is InChI=1S/C38H46O2/c1-3-5-7-9-11-13-25-39-37-23-21-33-27-31(17-19-35(33)29-37)15-16-32-18-20-36-30-38(24-22-34(36)28-32)40-26-14-12-10-8-6-4-2/h17-24,27-30H,3-14,25-26H2,1-2H3. The van der Waals surface area contributed by atoms with Crippen LogP contribution in [-0.2, 0) is 0 Å². The average Bonchev–Trinajstić information content (AvgIpc) is 2.99. The van der Waals surface area contributed by atoms with Crippen molar-refractivity contribution in [3.05, 3.63) is 83.9 Å². The van der Waals surface area contributed by atoms with Gasteiger partial charge in [-0.25, -0.2) is 0 Å². The largest absolute Gasteiger partial charge is 0.494 e. The Hall–Kier alpha value is -3.44. The number of hydrogen-bond acceptors (Lipinski definition) is 2. The van der Waals surface area contributed by atoms with Gasteiger partial charge in [-0.05, 0) is 82.9 Å². The van der Waals surface area contributed by atoms with E-state index in [1.807, 2.05) is 0 Å². The molecule has 0 aromatic heterocycles. The molecule has 0 aliphatic rings. The van der Waals surface area contributed by atoms with Gasteiger partial charge in [0.1, 0.15) is 11.5 Å². The predicted octanol–water partition coefficient (Wildman–Crippen LogP) is 10.9. The van der Waals surface area contributed by atoms with Crippen LogP contribution in [0.4, 0.5) is 0 Å². The molecule has 0 bridgehead atoms. The van der Waals surface area contributed by atoms with Gasteiger partial charge in [-0.15, -0.1) is 0 Å². The van der Waals surface area contributed by atoms with E-state index in [1.54, 1.807) is 0 Å². The van der Waals surface area contributed by atoms with Gasteiger partial charge in [-0.1, -0.05) is 114 Å². The molecule has 0 spiro atoms. The SMILES string of the molecule is CCCCCCCCOc1ccc2cc(C#Cc3ccc4cc(OCCCCCCCC)ccc4c3)ccc2c1. The number of fused-ring (bicyclic) bond motifs is 2. The summed E-state index contributed by atoms with van der Waals surface area (Å²) in [6.45, 7) is 6.10. The number of rotatable bonds is 16. The molecule has 4 aromatic carbocycles. The zero-order valence-corrected chi connectivity index (χ0v) is 24.6. The maximum atomic E-state index is 6.00. The Kier molecular flexibility index (Phi) is 12.3. The van der Waals surface area contributed by atoms with Crippen molar-refractivity contribution in [1.29, 1.82) is 0 Å². The number of benzene rings is 4. The normalized spacial score (nSPS) is 10.9. The Labute approximate surface area is 242 Å². The van der Waals surface area contributed by atoms with Crippen molar-refractivity contribution >= 4 is 21.5 Å². The highest BCUT2D eigenvalue weighted by Crippen LogP contribution is 2.24. The summed E-state index contributed by atoms with van der Waals surface area (Å²) >= 11 is 0. The second kappa shape index (κ2) is 16.6. The second-order valence-corrected chi connectivity index (χ2v) is 10.9. The first-order valence-electron chi connectivity index (χ1n) is 15.6. The Morgan fingerprint density at radius 1 is 0.425 bits per heavy atom. The number of hydrogen-bond donors (Lipinski definition) is 0. The molecular formula is C38H46O2. The van der Waals surface area contributed by atoms with Crippen LogP contribution >= 0.6 is 0 Å². The second-order valence-electron chi connectivity index (χ2n) is 10.9. The molecule has 0 radical (unpaired) electrons. The maximum Gasteiger partial charge on any atom is 0.119 e. The van der Waals surface area contributed by atoms with Crippen molar-refractivity contribution in [1.82, 2.24) is 0 Å². The van der Waals surface area contributed by atoms with Crippen LogP contribution in [0.3, 0.4) is 0 Å². The Morgan fingerprint density at radius 3 is 1.25 bits per heavy atom. The van der Waals surface area contributed by atoms with Crippen LogP contribution in [0.15, 0.2) is 72.8 Å². The van der Waals surface area contributed by atoms with E-state index in [9.17, 15) is 0 Å². The van der Waals surface area contributed by atoms with E-state index in [0.29, 0.717) is 0 Å². The lowest BCUT2D eigenvalue weighted by atomic mass is 10.0. The summed E-state index contributed by atoms with van der Waals surface area (Å²) in [5.41, 5.74) is 2.04. The molecule has 0 fully saturated rings. The van der Waals surface area contributed by atoms with Gasteiger partial charge in [0.15, 0.2) is 0 Å². The lowest BCUT2D eigenvalue weighted by molar-refractivity contribution is 0.304. The van der Waals surface area contributed by atoms with Gasteiger partial charge < -0.3 is 9.47 Å². The van der Waals surface area contributed by atoms with Gasteiger partial charge in [0.2, 0.25) is 0 Å². The molecule has 0 N–H and O–H groups in total. The lowest BCUT2D eigenvalue weighted by Gasteiger charge is -2.08. The fourth-order valence-corrected chi connectivity index (χ4v) is 5.07. The van der Waals surface area contributed by atoms with Crippen molar-refractivity contribution in [3.63, 3.8) is 0 Å². The van der Waals surface area contributed by atoms with E-state index in [0.717, 1.165) is 48.7 Å². The summed E-state index contributed by atoms with van der Waals surface area (Å²) in [4.78, 5) is 0. The molecule has 2 nitrogen and oxygen atoms in total. The zero-order chi connectivity index (χ0) is 27.8. The van der Waals surface area contributed by atoms with Gasteiger partial charge >= 0.3 is 0 Å². The molecule has 0 aliphatic heterocycles. The first-order valence-corrected chi connectivity index (χ1v) is 15.6. The molecule has 0 aliphatic carbocycles. The molecule has 210 valence electrons.